The highest BCUT2D eigenvalue weighted by Gasteiger charge is 2.47. The number of ether oxygens (including phenoxy) is 2. The first kappa shape index (κ1) is 26.8. The summed E-state index contributed by atoms with van der Waals surface area (Å²) in [6.07, 6.45) is 8.43. The lowest BCUT2D eigenvalue weighted by atomic mass is 9.99. The van der Waals surface area contributed by atoms with Crippen molar-refractivity contribution in [3.05, 3.63) is 17.5 Å². The molecule has 3 saturated heterocycles. The number of carbonyl (C=O) groups excluding carboxylic acids is 2. The summed E-state index contributed by atoms with van der Waals surface area (Å²) in [5, 5.41) is 29.4. The Morgan fingerprint density at radius 1 is 1.39 bits per heavy atom. The van der Waals surface area contributed by atoms with Gasteiger partial charge in [0.2, 0.25) is 5.28 Å². The minimum Gasteiger partial charge on any atom is -0.449 e. The van der Waals surface area contributed by atoms with Crippen molar-refractivity contribution in [3.8, 4) is 12.3 Å². The summed E-state index contributed by atoms with van der Waals surface area (Å²) < 4.78 is 12.8. The molecule has 14 heteroatoms. The van der Waals surface area contributed by atoms with E-state index in [1.807, 2.05) is 11.8 Å². The normalized spacial score (nSPS) is 30.1. The summed E-state index contributed by atoms with van der Waals surface area (Å²) in [5.74, 6) is 3.45. The van der Waals surface area contributed by atoms with Crippen molar-refractivity contribution in [1.29, 1.82) is 0 Å². The Morgan fingerprint density at radius 2 is 2.24 bits per heavy atom. The zero-order valence-corrected chi connectivity index (χ0v) is 22.0. The fourth-order valence-corrected chi connectivity index (χ4v) is 6.85. The third-order valence-electron chi connectivity index (χ3n) is 7.17. The number of carbonyl (C=O) groups is 2. The van der Waals surface area contributed by atoms with Crippen LogP contribution in [-0.2, 0) is 9.47 Å². The van der Waals surface area contributed by atoms with E-state index >= 15 is 0 Å². The molecule has 0 aromatic carbocycles. The molecule has 0 unspecified atom stereocenters. The number of thioether (sulfide) groups is 1. The van der Waals surface area contributed by atoms with Gasteiger partial charge in [-0.15, -0.1) is 6.42 Å². The third-order valence-corrected chi connectivity index (χ3v) is 8.85. The van der Waals surface area contributed by atoms with Gasteiger partial charge in [0.25, 0.3) is 0 Å². The average molecular weight is 565 g/mol. The van der Waals surface area contributed by atoms with Crippen LogP contribution >= 0.6 is 23.4 Å². The number of aliphatic hydroxyl groups is 2. The number of urea groups is 1. The Hall–Kier alpha value is -2.76. The number of anilines is 1. The van der Waals surface area contributed by atoms with Crippen LogP contribution in [0, 0.1) is 12.3 Å². The van der Waals surface area contributed by atoms with E-state index in [1.54, 1.807) is 16.8 Å². The lowest BCUT2D eigenvalue weighted by Crippen LogP contribution is -2.41. The van der Waals surface area contributed by atoms with Crippen molar-refractivity contribution in [3.63, 3.8) is 0 Å². The first-order valence-electron chi connectivity index (χ1n) is 12.4. The van der Waals surface area contributed by atoms with E-state index in [9.17, 15) is 19.8 Å². The SMILES string of the molecule is C#C[C@]1(CO)O[C@@H](n2ccc3c(NC(=O)OCCCCC[C@@H]4SC[C@@H]5NC(=O)N[C@@H]54)nc(Cl)nc32)C[C@@H]1O. The smallest absolute Gasteiger partial charge is 0.412 e. The molecule has 0 spiro atoms. The number of terminal acetylenes is 1. The summed E-state index contributed by atoms with van der Waals surface area (Å²) in [6.45, 7) is -0.287. The van der Waals surface area contributed by atoms with Gasteiger partial charge in [-0.25, -0.2) is 9.59 Å². The number of hydrogen-bond donors (Lipinski definition) is 5. The van der Waals surface area contributed by atoms with E-state index in [-0.39, 0.29) is 42.2 Å². The third kappa shape index (κ3) is 5.23. The number of aliphatic hydroxyl groups excluding tert-OH is 2. The van der Waals surface area contributed by atoms with Crippen LogP contribution in [0.3, 0.4) is 0 Å². The summed E-state index contributed by atoms with van der Waals surface area (Å²) in [5.41, 5.74) is -1.14. The van der Waals surface area contributed by atoms with Gasteiger partial charge in [0.15, 0.2) is 5.60 Å². The standard InChI is InChI=1S/C24H29ClN6O6S/c1-2-24(12-32)16(33)10-17(37-24)31-8-7-13-19(28-21(25)30-20(13)31)29-23(35)36-9-5-3-4-6-15-18-14(11-38-15)26-22(34)27-18/h1,7-8,14-18,32-33H,3-6,9-12H2,(H2,26,27,34)(H,28,29,30,35)/t14-,15-,16-,17+,18-,24+/m0/s1. The molecule has 2 aromatic heterocycles. The molecule has 38 heavy (non-hydrogen) atoms. The number of halogens is 1. The molecule has 3 amide bonds. The Bertz CT molecular complexity index is 1250. The average Bonchev–Trinajstić information content (AvgIpc) is 3.64. The molecule has 0 bridgehead atoms. The molecule has 204 valence electrons. The number of unbranched alkanes of at least 4 members (excludes halogenated alkanes) is 2. The van der Waals surface area contributed by atoms with Crippen LogP contribution in [0.5, 0.6) is 0 Å². The lowest BCUT2D eigenvalue weighted by Gasteiger charge is -2.23. The van der Waals surface area contributed by atoms with Crippen molar-refractivity contribution >= 4 is 52.3 Å². The van der Waals surface area contributed by atoms with Crippen molar-refractivity contribution in [2.24, 2.45) is 0 Å². The molecule has 0 saturated carbocycles. The fraction of sp³-hybridized carbons (Fsp3) is 0.583. The number of hydrogen-bond acceptors (Lipinski definition) is 9. The molecular weight excluding hydrogens is 536 g/mol. The fourth-order valence-electron chi connectivity index (χ4n) is 5.14. The van der Waals surface area contributed by atoms with Gasteiger partial charge in [-0.05, 0) is 30.5 Å². The molecule has 3 aliphatic rings. The Labute approximate surface area is 228 Å². The molecule has 0 radical (unpaired) electrons. The van der Waals surface area contributed by atoms with Gasteiger partial charge >= 0.3 is 12.1 Å². The maximum absolute atomic E-state index is 12.4. The Morgan fingerprint density at radius 3 is 3.00 bits per heavy atom. The largest absolute Gasteiger partial charge is 0.449 e. The van der Waals surface area contributed by atoms with Gasteiger partial charge in [0.1, 0.15) is 23.8 Å². The maximum Gasteiger partial charge on any atom is 0.412 e. The van der Waals surface area contributed by atoms with Crippen LogP contribution in [0.15, 0.2) is 12.3 Å². The van der Waals surface area contributed by atoms with E-state index in [2.05, 4.69) is 31.8 Å². The van der Waals surface area contributed by atoms with E-state index in [4.69, 9.17) is 27.5 Å². The minimum atomic E-state index is -1.51. The zero-order chi connectivity index (χ0) is 26.9. The second-order valence-corrected chi connectivity index (χ2v) is 11.2. The molecule has 5 rings (SSSR count). The first-order valence-corrected chi connectivity index (χ1v) is 13.9. The number of rotatable bonds is 9. The number of amides is 3. The van der Waals surface area contributed by atoms with Crippen LogP contribution in [0.2, 0.25) is 5.28 Å². The Balaban J connectivity index is 1.12. The van der Waals surface area contributed by atoms with Crippen LogP contribution in [0.4, 0.5) is 15.4 Å². The Kier molecular flexibility index (Phi) is 7.88. The van der Waals surface area contributed by atoms with E-state index in [0.29, 0.717) is 22.7 Å². The minimum absolute atomic E-state index is 0.0816. The molecule has 12 nitrogen and oxygen atoms in total. The van der Waals surface area contributed by atoms with Gasteiger partial charge in [0, 0.05) is 23.6 Å². The van der Waals surface area contributed by atoms with Gasteiger partial charge in [-0.3, -0.25) is 5.32 Å². The number of nitrogens with one attached hydrogen (secondary N) is 3. The molecular formula is C24H29ClN6O6S. The lowest BCUT2D eigenvalue weighted by molar-refractivity contribution is -0.0890. The number of nitrogens with zero attached hydrogens (tertiary/aromatic N) is 3. The second kappa shape index (κ2) is 11.2. The molecule has 2 aromatic rings. The molecule has 6 atom stereocenters. The van der Waals surface area contributed by atoms with E-state index in [0.717, 1.165) is 25.0 Å². The summed E-state index contributed by atoms with van der Waals surface area (Å²) in [6, 6.07) is 2.01. The highest BCUT2D eigenvalue weighted by atomic mass is 35.5. The van der Waals surface area contributed by atoms with E-state index in [1.165, 1.54) is 0 Å². The van der Waals surface area contributed by atoms with Crippen LogP contribution in [0.1, 0.15) is 38.3 Å². The van der Waals surface area contributed by atoms with Crippen molar-refractivity contribution < 1.29 is 29.3 Å². The maximum atomic E-state index is 12.4. The molecule has 3 aliphatic heterocycles. The molecule has 3 fully saturated rings. The molecule has 5 heterocycles. The molecule has 5 N–H and O–H groups in total. The summed E-state index contributed by atoms with van der Waals surface area (Å²) in [4.78, 5) is 32.3. The highest BCUT2D eigenvalue weighted by Crippen LogP contribution is 2.38. The zero-order valence-electron chi connectivity index (χ0n) is 20.4. The summed E-state index contributed by atoms with van der Waals surface area (Å²) >= 11 is 8.00. The van der Waals surface area contributed by atoms with Gasteiger partial charge in [-0.1, -0.05) is 18.8 Å². The number of aromatic nitrogens is 3. The predicted molar refractivity (Wildman–Crippen MR) is 141 cm³/mol. The van der Waals surface area contributed by atoms with Crippen LogP contribution in [0.25, 0.3) is 11.0 Å². The molecule has 0 aliphatic carbocycles. The van der Waals surface area contributed by atoms with Gasteiger partial charge < -0.3 is 34.9 Å². The van der Waals surface area contributed by atoms with E-state index < -0.39 is 30.6 Å². The first-order chi connectivity index (χ1) is 18.3. The predicted octanol–water partition coefficient (Wildman–Crippen LogP) is 2.00. The van der Waals surface area contributed by atoms with Crippen LogP contribution < -0.4 is 16.0 Å². The van der Waals surface area contributed by atoms with Crippen molar-refractivity contribution in [1.82, 2.24) is 25.2 Å². The quantitative estimate of drug-likeness (QED) is 0.133. The summed E-state index contributed by atoms with van der Waals surface area (Å²) in [7, 11) is 0. The monoisotopic (exact) mass is 564 g/mol. The van der Waals surface area contributed by atoms with Gasteiger partial charge in [-0.2, -0.15) is 21.7 Å². The van der Waals surface area contributed by atoms with Crippen molar-refractivity contribution in [2.75, 3.05) is 24.3 Å². The number of fused-ring (bicyclic) bond motifs is 2. The highest BCUT2D eigenvalue weighted by molar-refractivity contribution is 8.00. The van der Waals surface area contributed by atoms with Crippen LogP contribution in [-0.4, -0.2) is 84.9 Å². The van der Waals surface area contributed by atoms with Gasteiger partial charge in [0.05, 0.1) is 30.7 Å². The topological polar surface area (TPSA) is 160 Å². The second-order valence-electron chi connectivity index (χ2n) is 9.55. The van der Waals surface area contributed by atoms with Crippen molar-refractivity contribution in [2.45, 2.75) is 67.4 Å².